The van der Waals surface area contributed by atoms with Crippen molar-refractivity contribution in [1.82, 2.24) is 8.75 Å². The minimum Gasteiger partial charge on any atom is -0.178 e. The molecule has 0 aliphatic carbocycles. The lowest BCUT2D eigenvalue weighted by molar-refractivity contribution is 0.550. The minimum absolute atomic E-state index is 0.136. The Bertz CT molecular complexity index is 271. The summed E-state index contributed by atoms with van der Waals surface area (Å²) >= 11 is 1.34. The molecule has 13 heavy (non-hydrogen) atoms. The van der Waals surface area contributed by atoms with Crippen molar-refractivity contribution >= 4 is 11.7 Å². The van der Waals surface area contributed by atoms with E-state index in [1.165, 1.54) is 23.1 Å². The Morgan fingerprint density at radius 1 is 1.23 bits per heavy atom. The summed E-state index contributed by atoms with van der Waals surface area (Å²) in [5.41, 5.74) is 2.50. The molecule has 1 aromatic heterocycles. The zero-order chi connectivity index (χ0) is 10.1. The molecule has 74 valence electrons. The van der Waals surface area contributed by atoms with E-state index in [4.69, 9.17) is 0 Å². The second-order valence-corrected chi connectivity index (χ2v) is 5.44. The summed E-state index contributed by atoms with van der Waals surface area (Å²) in [6, 6.07) is 0. The Kier molecular flexibility index (Phi) is 3.06. The number of hydrogen-bond donors (Lipinski definition) is 0. The first-order valence-corrected chi connectivity index (χ1v) is 5.46. The molecular weight excluding hydrogens is 180 g/mol. The molecule has 0 amide bonds. The Balaban J connectivity index is 2.90. The van der Waals surface area contributed by atoms with Gasteiger partial charge < -0.3 is 0 Å². The van der Waals surface area contributed by atoms with Crippen LogP contribution in [0.3, 0.4) is 0 Å². The maximum Gasteiger partial charge on any atom is 0.0828 e. The van der Waals surface area contributed by atoms with Crippen LogP contribution in [0.4, 0.5) is 0 Å². The Hall–Kier alpha value is -0.440. The molecule has 0 atom stereocenters. The summed E-state index contributed by atoms with van der Waals surface area (Å²) in [5.74, 6) is 0.657. The van der Waals surface area contributed by atoms with Crippen molar-refractivity contribution in [3.8, 4) is 0 Å². The molecule has 0 aliphatic rings. The van der Waals surface area contributed by atoms with E-state index in [1.54, 1.807) is 0 Å². The zero-order valence-electron chi connectivity index (χ0n) is 9.09. The largest absolute Gasteiger partial charge is 0.178 e. The Morgan fingerprint density at radius 2 is 1.85 bits per heavy atom. The molecule has 0 fully saturated rings. The Morgan fingerprint density at radius 3 is 2.31 bits per heavy atom. The van der Waals surface area contributed by atoms with Gasteiger partial charge in [-0.25, -0.2) is 0 Å². The molecule has 0 aliphatic heterocycles. The number of nitrogens with zero attached hydrogens (tertiary/aromatic N) is 2. The standard InChI is InChI=1S/C10H18N2S/c1-7(2)6-8-9(10(3,4)5)12-13-11-8/h7H,6H2,1-5H3. The van der Waals surface area contributed by atoms with E-state index in [0.29, 0.717) is 5.92 Å². The predicted octanol–water partition coefficient (Wildman–Crippen LogP) is 3.03. The van der Waals surface area contributed by atoms with Gasteiger partial charge in [-0.15, -0.1) is 0 Å². The lowest BCUT2D eigenvalue weighted by Crippen LogP contribution is -2.15. The summed E-state index contributed by atoms with van der Waals surface area (Å²) in [6.45, 7) is 11.0. The van der Waals surface area contributed by atoms with Crippen molar-refractivity contribution in [3.05, 3.63) is 11.4 Å². The first-order chi connectivity index (χ1) is 5.91. The second kappa shape index (κ2) is 3.74. The van der Waals surface area contributed by atoms with Gasteiger partial charge in [0.2, 0.25) is 0 Å². The van der Waals surface area contributed by atoms with Gasteiger partial charge in [-0.05, 0) is 12.3 Å². The van der Waals surface area contributed by atoms with Crippen LogP contribution in [0, 0.1) is 5.92 Å². The molecule has 1 rings (SSSR count). The van der Waals surface area contributed by atoms with Crippen LogP contribution in [0.2, 0.25) is 0 Å². The van der Waals surface area contributed by atoms with Gasteiger partial charge >= 0.3 is 0 Å². The quantitative estimate of drug-likeness (QED) is 0.730. The van der Waals surface area contributed by atoms with Crippen LogP contribution in [0.5, 0.6) is 0 Å². The number of rotatable bonds is 2. The third kappa shape index (κ3) is 2.76. The topological polar surface area (TPSA) is 25.8 Å². The highest BCUT2D eigenvalue weighted by atomic mass is 32.1. The van der Waals surface area contributed by atoms with Crippen LogP contribution in [0.15, 0.2) is 0 Å². The zero-order valence-corrected chi connectivity index (χ0v) is 9.90. The SMILES string of the molecule is CC(C)Cc1nsnc1C(C)(C)C. The van der Waals surface area contributed by atoms with Gasteiger partial charge in [0.15, 0.2) is 0 Å². The molecule has 3 heteroatoms. The molecule has 0 spiro atoms. The molecule has 2 nitrogen and oxygen atoms in total. The summed E-state index contributed by atoms with van der Waals surface area (Å²) in [5, 5.41) is 0. The van der Waals surface area contributed by atoms with Crippen LogP contribution in [0.25, 0.3) is 0 Å². The second-order valence-electron chi connectivity index (χ2n) is 4.91. The van der Waals surface area contributed by atoms with Crippen molar-refractivity contribution in [3.63, 3.8) is 0 Å². The van der Waals surface area contributed by atoms with Crippen molar-refractivity contribution < 1.29 is 0 Å². The molecule has 0 unspecified atom stereocenters. The van der Waals surface area contributed by atoms with E-state index < -0.39 is 0 Å². The minimum atomic E-state index is 0.136. The molecular formula is C10H18N2S. The van der Waals surface area contributed by atoms with Gasteiger partial charge in [-0.2, -0.15) is 8.75 Å². The van der Waals surface area contributed by atoms with E-state index >= 15 is 0 Å². The number of hydrogen-bond acceptors (Lipinski definition) is 3. The van der Waals surface area contributed by atoms with E-state index in [2.05, 4.69) is 43.4 Å². The molecule has 0 saturated heterocycles. The monoisotopic (exact) mass is 198 g/mol. The first kappa shape index (κ1) is 10.6. The van der Waals surface area contributed by atoms with Gasteiger partial charge in [-0.3, -0.25) is 0 Å². The summed E-state index contributed by atoms with van der Waals surface area (Å²) < 4.78 is 8.72. The maximum absolute atomic E-state index is 4.37. The van der Waals surface area contributed by atoms with Crippen LogP contribution in [-0.4, -0.2) is 8.75 Å². The number of aromatic nitrogens is 2. The van der Waals surface area contributed by atoms with Gasteiger partial charge in [0.25, 0.3) is 0 Å². The highest BCUT2D eigenvalue weighted by Crippen LogP contribution is 2.25. The van der Waals surface area contributed by atoms with Gasteiger partial charge in [0, 0.05) is 5.41 Å². The average Bonchev–Trinajstić information content (AvgIpc) is 2.31. The third-order valence-electron chi connectivity index (χ3n) is 1.87. The highest BCUT2D eigenvalue weighted by molar-refractivity contribution is 6.99. The van der Waals surface area contributed by atoms with Crippen molar-refractivity contribution in [2.75, 3.05) is 0 Å². The molecule has 0 radical (unpaired) electrons. The van der Waals surface area contributed by atoms with E-state index in [0.717, 1.165) is 6.42 Å². The summed E-state index contributed by atoms with van der Waals surface area (Å²) in [4.78, 5) is 0. The molecule has 0 bridgehead atoms. The fourth-order valence-electron chi connectivity index (χ4n) is 1.30. The van der Waals surface area contributed by atoms with E-state index in [9.17, 15) is 0 Å². The molecule has 1 aromatic rings. The molecule has 1 heterocycles. The average molecular weight is 198 g/mol. The van der Waals surface area contributed by atoms with Gasteiger partial charge in [0.05, 0.1) is 23.1 Å². The molecule has 0 aromatic carbocycles. The maximum atomic E-state index is 4.37. The molecule has 0 N–H and O–H groups in total. The van der Waals surface area contributed by atoms with Crippen molar-refractivity contribution in [2.24, 2.45) is 5.92 Å². The summed E-state index contributed by atoms with van der Waals surface area (Å²) in [6.07, 6.45) is 1.04. The fourth-order valence-corrected chi connectivity index (χ4v) is 2.06. The third-order valence-corrected chi connectivity index (χ3v) is 2.43. The van der Waals surface area contributed by atoms with Gasteiger partial charge in [0.1, 0.15) is 0 Å². The van der Waals surface area contributed by atoms with Crippen molar-refractivity contribution in [1.29, 1.82) is 0 Å². The van der Waals surface area contributed by atoms with E-state index in [1.807, 2.05) is 0 Å². The van der Waals surface area contributed by atoms with Crippen LogP contribution in [0.1, 0.15) is 46.0 Å². The van der Waals surface area contributed by atoms with Crippen molar-refractivity contribution in [2.45, 2.75) is 46.5 Å². The predicted molar refractivity (Wildman–Crippen MR) is 57.2 cm³/mol. The fraction of sp³-hybridized carbons (Fsp3) is 0.800. The van der Waals surface area contributed by atoms with E-state index in [-0.39, 0.29) is 5.41 Å². The van der Waals surface area contributed by atoms with Crippen LogP contribution in [-0.2, 0) is 11.8 Å². The van der Waals surface area contributed by atoms with Gasteiger partial charge in [-0.1, -0.05) is 34.6 Å². The first-order valence-electron chi connectivity index (χ1n) is 4.73. The lowest BCUT2D eigenvalue weighted by atomic mass is 9.89. The normalized spacial score (nSPS) is 12.5. The van der Waals surface area contributed by atoms with Crippen LogP contribution < -0.4 is 0 Å². The Labute approximate surface area is 84.7 Å². The molecule has 0 saturated carbocycles. The summed E-state index contributed by atoms with van der Waals surface area (Å²) in [7, 11) is 0. The smallest absolute Gasteiger partial charge is 0.0828 e. The highest BCUT2D eigenvalue weighted by Gasteiger charge is 2.22. The lowest BCUT2D eigenvalue weighted by Gasteiger charge is -2.17. The van der Waals surface area contributed by atoms with Crippen LogP contribution >= 0.6 is 11.7 Å².